The molecular weight excluding hydrogens is 418 g/mol. The van der Waals surface area contributed by atoms with Gasteiger partial charge in [-0.05, 0) is 42.3 Å². The lowest BCUT2D eigenvalue weighted by Gasteiger charge is -2.17. The maximum atomic E-state index is 12.8. The molecule has 1 saturated heterocycles. The van der Waals surface area contributed by atoms with Crippen molar-refractivity contribution in [3.05, 3.63) is 53.2 Å². The quantitative estimate of drug-likeness (QED) is 0.583. The van der Waals surface area contributed by atoms with Gasteiger partial charge in [0.1, 0.15) is 11.5 Å². The number of halogens is 1. The second-order valence-electron chi connectivity index (χ2n) is 7.55. The first-order valence-corrected chi connectivity index (χ1v) is 10.4. The van der Waals surface area contributed by atoms with Gasteiger partial charge in [0.2, 0.25) is 11.8 Å². The van der Waals surface area contributed by atoms with Crippen molar-refractivity contribution in [1.29, 1.82) is 0 Å². The second kappa shape index (κ2) is 8.89. The van der Waals surface area contributed by atoms with E-state index in [0.717, 1.165) is 16.5 Å². The monoisotopic (exact) mass is 441 g/mol. The van der Waals surface area contributed by atoms with Crippen LogP contribution in [0.25, 0.3) is 10.9 Å². The van der Waals surface area contributed by atoms with Gasteiger partial charge in [-0.1, -0.05) is 11.6 Å². The summed E-state index contributed by atoms with van der Waals surface area (Å²) in [7, 11) is 3.10. The van der Waals surface area contributed by atoms with Gasteiger partial charge in [0.25, 0.3) is 0 Å². The van der Waals surface area contributed by atoms with Crippen LogP contribution in [0.3, 0.4) is 0 Å². The summed E-state index contributed by atoms with van der Waals surface area (Å²) in [5, 5.41) is 4.61. The molecule has 2 aromatic carbocycles. The summed E-state index contributed by atoms with van der Waals surface area (Å²) in [5.41, 5.74) is 2.63. The zero-order valence-corrected chi connectivity index (χ0v) is 18.2. The first kappa shape index (κ1) is 21.1. The number of aromatic amines is 1. The van der Waals surface area contributed by atoms with Crippen molar-refractivity contribution >= 4 is 40.0 Å². The van der Waals surface area contributed by atoms with Crippen LogP contribution in [0.4, 0.5) is 5.69 Å². The number of carbonyl (C=O) groups excluding carboxylic acids is 2. The number of methoxy groups -OCH3 is 2. The lowest BCUT2D eigenvalue weighted by Crippen LogP contribution is -2.30. The van der Waals surface area contributed by atoms with Crippen molar-refractivity contribution in [3.63, 3.8) is 0 Å². The summed E-state index contributed by atoms with van der Waals surface area (Å²) in [4.78, 5) is 30.3. The summed E-state index contributed by atoms with van der Waals surface area (Å²) in [6.45, 7) is 0.935. The first-order valence-electron chi connectivity index (χ1n) is 10.0. The van der Waals surface area contributed by atoms with E-state index in [0.29, 0.717) is 41.7 Å². The Bertz CT molecular complexity index is 1130. The number of carbonyl (C=O) groups is 2. The van der Waals surface area contributed by atoms with Gasteiger partial charge in [0, 0.05) is 47.7 Å². The first-order chi connectivity index (χ1) is 15.0. The summed E-state index contributed by atoms with van der Waals surface area (Å²) in [6, 6.07) is 10.9. The summed E-state index contributed by atoms with van der Waals surface area (Å²) in [6.07, 6.45) is 2.82. The van der Waals surface area contributed by atoms with Crippen molar-refractivity contribution in [2.24, 2.45) is 5.92 Å². The molecule has 0 radical (unpaired) electrons. The lowest BCUT2D eigenvalue weighted by molar-refractivity contribution is -0.128. The van der Waals surface area contributed by atoms with Crippen LogP contribution in [-0.2, 0) is 16.0 Å². The topological polar surface area (TPSA) is 83.7 Å². The van der Waals surface area contributed by atoms with E-state index in [9.17, 15) is 9.59 Å². The summed E-state index contributed by atoms with van der Waals surface area (Å²) >= 11 is 6.12. The van der Waals surface area contributed by atoms with E-state index < -0.39 is 5.92 Å². The van der Waals surface area contributed by atoms with Crippen LogP contribution in [0.2, 0.25) is 5.02 Å². The Balaban J connectivity index is 1.40. The number of amides is 2. The van der Waals surface area contributed by atoms with Crippen molar-refractivity contribution in [1.82, 2.24) is 9.88 Å². The normalized spacial score (nSPS) is 16.0. The van der Waals surface area contributed by atoms with Gasteiger partial charge in [0.05, 0.1) is 25.8 Å². The highest BCUT2D eigenvalue weighted by atomic mass is 35.5. The Morgan fingerprint density at radius 2 is 2.06 bits per heavy atom. The average Bonchev–Trinajstić information content (AvgIpc) is 3.34. The molecule has 7 nitrogen and oxygen atoms in total. The summed E-state index contributed by atoms with van der Waals surface area (Å²) in [5.74, 6) is 0.505. The molecule has 0 unspecified atom stereocenters. The zero-order valence-electron chi connectivity index (χ0n) is 17.4. The molecule has 8 heteroatoms. The van der Waals surface area contributed by atoms with E-state index in [2.05, 4.69) is 10.3 Å². The molecule has 4 rings (SSSR count). The fourth-order valence-electron chi connectivity index (χ4n) is 3.92. The van der Waals surface area contributed by atoms with E-state index in [1.807, 2.05) is 24.4 Å². The minimum atomic E-state index is -0.416. The van der Waals surface area contributed by atoms with Gasteiger partial charge < -0.3 is 24.7 Å². The SMILES string of the molecule is COc1ccc(OC)c(NC(=O)[C@H]2CC(=O)N(CCc3c[nH]c4ccc(Cl)cc34)C2)c1. The maximum Gasteiger partial charge on any atom is 0.229 e. The maximum absolute atomic E-state index is 12.8. The van der Waals surface area contributed by atoms with E-state index in [1.54, 1.807) is 30.2 Å². The van der Waals surface area contributed by atoms with E-state index in [-0.39, 0.29) is 18.2 Å². The Hall–Kier alpha value is -3.19. The minimum absolute atomic E-state index is 0.0179. The Labute approximate surface area is 185 Å². The van der Waals surface area contributed by atoms with Gasteiger partial charge in [-0.2, -0.15) is 0 Å². The molecule has 1 atom stereocenters. The number of hydrogen-bond donors (Lipinski definition) is 2. The molecule has 1 aromatic heterocycles. The van der Waals surface area contributed by atoms with Gasteiger partial charge in [0.15, 0.2) is 0 Å². The molecule has 0 aliphatic carbocycles. The molecule has 2 N–H and O–H groups in total. The number of fused-ring (bicyclic) bond motifs is 1. The molecule has 1 fully saturated rings. The van der Waals surface area contributed by atoms with Crippen molar-refractivity contribution in [3.8, 4) is 11.5 Å². The molecule has 1 aliphatic heterocycles. The van der Waals surface area contributed by atoms with Gasteiger partial charge in [-0.25, -0.2) is 0 Å². The predicted octanol–water partition coefficient (Wildman–Crippen LogP) is 3.87. The number of aromatic nitrogens is 1. The average molecular weight is 442 g/mol. The molecule has 2 heterocycles. The third kappa shape index (κ3) is 4.46. The summed E-state index contributed by atoms with van der Waals surface area (Å²) < 4.78 is 10.5. The highest BCUT2D eigenvalue weighted by Gasteiger charge is 2.34. The Kier molecular flexibility index (Phi) is 6.04. The smallest absolute Gasteiger partial charge is 0.229 e. The predicted molar refractivity (Wildman–Crippen MR) is 120 cm³/mol. The van der Waals surface area contributed by atoms with Crippen LogP contribution in [0, 0.1) is 5.92 Å². The van der Waals surface area contributed by atoms with E-state index >= 15 is 0 Å². The molecule has 1 aliphatic rings. The highest BCUT2D eigenvalue weighted by Crippen LogP contribution is 2.30. The Morgan fingerprint density at radius 3 is 2.84 bits per heavy atom. The van der Waals surface area contributed by atoms with Crippen LogP contribution in [0.5, 0.6) is 11.5 Å². The molecule has 3 aromatic rings. The lowest BCUT2D eigenvalue weighted by atomic mass is 10.1. The number of nitrogens with one attached hydrogen (secondary N) is 2. The van der Waals surface area contributed by atoms with Crippen LogP contribution >= 0.6 is 11.6 Å². The molecule has 31 heavy (non-hydrogen) atoms. The molecule has 0 saturated carbocycles. The van der Waals surface area contributed by atoms with Crippen LogP contribution in [0.15, 0.2) is 42.6 Å². The van der Waals surface area contributed by atoms with Gasteiger partial charge in [-0.15, -0.1) is 0 Å². The number of hydrogen-bond acceptors (Lipinski definition) is 4. The number of nitrogens with zero attached hydrogens (tertiary/aromatic N) is 1. The number of H-pyrrole nitrogens is 1. The van der Waals surface area contributed by atoms with Crippen molar-refractivity contribution in [2.75, 3.05) is 32.6 Å². The number of anilines is 1. The number of ether oxygens (including phenoxy) is 2. The van der Waals surface area contributed by atoms with Crippen LogP contribution in [0.1, 0.15) is 12.0 Å². The van der Waals surface area contributed by atoms with E-state index in [1.165, 1.54) is 7.11 Å². The third-order valence-electron chi connectivity index (χ3n) is 5.63. The highest BCUT2D eigenvalue weighted by molar-refractivity contribution is 6.31. The number of benzene rings is 2. The Morgan fingerprint density at radius 1 is 1.23 bits per heavy atom. The second-order valence-corrected chi connectivity index (χ2v) is 7.99. The van der Waals surface area contributed by atoms with Crippen LogP contribution in [-0.4, -0.2) is 49.0 Å². The molecule has 0 spiro atoms. The van der Waals surface area contributed by atoms with E-state index in [4.69, 9.17) is 21.1 Å². The van der Waals surface area contributed by atoms with Crippen molar-refractivity contribution in [2.45, 2.75) is 12.8 Å². The standard InChI is InChI=1S/C23H24ClN3O4/c1-30-17-4-6-21(31-2)20(11-17)26-23(29)15-9-22(28)27(13-15)8-7-14-12-25-19-5-3-16(24)10-18(14)19/h3-6,10-12,15,25H,7-9,13H2,1-2H3,(H,26,29)/t15-/m0/s1. The molecule has 162 valence electrons. The molecule has 2 amide bonds. The molecule has 0 bridgehead atoms. The molecular formula is C23H24ClN3O4. The van der Waals surface area contributed by atoms with Crippen molar-refractivity contribution < 1.29 is 19.1 Å². The van der Waals surface area contributed by atoms with Gasteiger partial charge >= 0.3 is 0 Å². The largest absolute Gasteiger partial charge is 0.497 e. The number of rotatable bonds is 7. The third-order valence-corrected chi connectivity index (χ3v) is 5.87. The van der Waals surface area contributed by atoms with Crippen LogP contribution < -0.4 is 14.8 Å². The minimum Gasteiger partial charge on any atom is -0.497 e. The number of likely N-dealkylation sites (tertiary alicyclic amines) is 1. The zero-order chi connectivity index (χ0) is 22.0. The van der Waals surface area contributed by atoms with Gasteiger partial charge in [-0.3, -0.25) is 9.59 Å². The fourth-order valence-corrected chi connectivity index (χ4v) is 4.10. The fraction of sp³-hybridized carbons (Fsp3) is 0.304.